The maximum atomic E-state index is 11.6. The number of carbonyl (C=O) groups is 6. The number of carbonyl (C=O) groups excluding carboxylic acids is 3. The molecule has 0 saturated heterocycles. The molecule has 0 atom stereocenters. The SMILES string of the molecule is O=C(O)CNC(=O)CN(CC(=O)NCC(=O)O)CC(=O)NCC(=O)O. The zero-order valence-electron chi connectivity index (χ0n) is 13.0. The van der Waals surface area contributed by atoms with Crippen molar-refractivity contribution in [1.82, 2.24) is 20.9 Å². The summed E-state index contributed by atoms with van der Waals surface area (Å²) in [5.74, 6) is -6.26. The van der Waals surface area contributed by atoms with Crippen molar-refractivity contribution >= 4 is 35.6 Å². The van der Waals surface area contributed by atoms with Gasteiger partial charge in [0.1, 0.15) is 19.6 Å². The molecule has 0 aliphatic heterocycles. The largest absolute Gasteiger partial charge is 0.480 e. The molecule has 6 N–H and O–H groups in total. The smallest absolute Gasteiger partial charge is 0.322 e. The normalized spacial score (nSPS) is 9.96. The quantitative estimate of drug-likeness (QED) is 0.198. The van der Waals surface area contributed by atoms with Gasteiger partial charge in [0.2, 0.25) is 17.7 Å². The Morgan fingerprint density at radius 1 is 0.560 bits per heavy atom. The van der Waals surface area contributed by atoms with Gasteiger partial charge in [-0.2, -0.15) is 0 Å². The third-order valence-electron chi connectivity index (χ3n) is 2.41. The highest BCUT2D eigenvalue weighted by molar-refractivity contribution is 5.87. The Labute approximate surface area is 141 Å². The summed E-state index contributed by atoms with van der Waals surface area (Å²) in [5, 5.41) is 31.5. The number of nitrogens with one attached hydrogen (secondary N) is 3. The predicted molar refractivity (Wildman–Crippen MR) is 78.4 cm³/mol. The zero-order chi connectivity index (χ0) is 19.4. The lowest BCUT2D eigenvalue weighted by Gasteiger charge is -2.20. The van der Waals surface area contributed by atoms with E-state index in [4.69, 9.17) is 15.3 Å². The number of nitrogens with zero attached hydrogens (tertiary/aromatic N) is 1. The molecule has 0 fully saturated rings. The molecule has 13 heteroatoms. The van der Waals surface area contributed by atoms with E-state index in [1.54, 1.807) is 0 Å². The lowest BCUT2D eigenvalue weighted by Crippen LogP contribution is -2.48. The Morgan fingerprint density at radius 2 is 0.800 bits per heavy atom. The van der Waals surface area contributed by atoms with Crippen LogP contribution in [0.15, 0.2) is 0 Å². The van der Waals surface area contributed by atoms with Crippen molar-refractivity contribution in [2.24, 2.45) is 0 Å². The second-order valence-corrected chi connectivity index (χ2v) is 4.66. The average Bonchev–Trinajstić information content (AvgIpc) is 2.48. The fourth-order valence-electron chi connectivity index (χ4n) is 1.47. The molecule has 0 aliphatic carbocycles. The van der Waals surface area contributed by atoms with Crippen molar-refractivity contribution in [2.45, 2.75) is 0 Å². The van der Waals surface area contributed by atoms with Gasteiger partial charge in [0.15, 0.2) is 0 Å². The highest BCUT2D eigenvalue weighted by atomic mass is 16.4. The number of hydrogen-bond donors (Lipinski definition) is 6. The van der Waals surface area contributed by atoms with Crippen LogP contribution >= 0.6 is 0 Å². The van der Waals surface area contributed by atoms with E-state index >= 15 is 0 Å². The van der Waals surface area contributed by atoms with E-state index in [1.165, 1.54) is 0 Å². The van der Waals surface area contributed by atoms with Crippen molar-refractivity contribution in [2.75, 3.05) is 39.3 Å². The van der Waals surface area contributed by atoms with Crippen LogP contribution in [0.2, 0.25) is 0 Å². The minimum atomic E-state index is -1.29. The molecule has 140 valence electrons. The Kier molecular flexibility index (Phi) is 9.88. The van der Waals surface area contributed by atoms with Gasteiger partial charge in [0, 0.05) is 0 Å². The van der Waals surface area contributed by atoms with Gasteiger partial charge in [-0.1, -0.05) is 0 Å². The Balaban J connectivity index is 4.67. The van der Waals surface area contributed by atoms with Gasteiger partial charge < -0.3 is 31.3 Å². The monoisotopic (exact) mass is 362 g/mol. The summed E-state index contributed by atoms with van der Waals surface area (Å²) in [6.45, 7) is -3.59. The molecule has 0 rings (SSSR count). The summed E-state index contributed by atoms with van der Waals surface area (Å²) in [4.78, 5) is 66.9. The summed E-state index contributed by atoms with van der Waals surface area (Å²) < 4.78 is 0. The summed E-state index contributed by atoms with van der Waals surface area (Å²) in [5.41, 5.74) is 0. The van der Waals surface area contributed by atoms with Gasteiger partial charge in [-0.3, -0.25) is 33.7 Å². The topological polar surface area (TPSA) is 202 Å². The second kappa shape index (κ2) is 11.3. The molecule has 0 radical (unpaired) electrons. The third kappa shape index (κ3) is 13.0. The standard InChI is InChI=1S/C12H18N4O9/c17-7(13-1-10(20)21)4-16(5-8(18)14-2-11(22)23)6-9(19)15-3-12(24)25/h1-6H2,(H,13,17)(H,14,18)(H,15,19)(H,20,21)(H,22,23)(H,24,25). The molecule has 0 aliphatic rings. The zero-order valence-corrected chi connectivity index (χ0v) is 13.0. The first-order valence-electron chi connectivity index (χ1n) is 6.78. The molecule has 0 saturated carbocycles. The number of carboxylic acids is 3. The second-order valence-electron chi connectivity index (χ2n) is 4.66. The molecular formula is C12H18N4O9. The van der Waals surface area contributed by atoms with Gasteiger partial charge in [-0.25, -0.2) is 0 Å². The van der Waals surface area contributed by atoms with Crippen molar-refractivity contribution in [1.29, 1.82) is 0 Å². The van der Waals surface area contributed by atoms with Crippen molar-refractivity contribution < 1.29 is 44.1 Å². The van der Waals surface area contributed by atoms with Gasteiger partial charge in [-0.15, -0.1) is 0 Å². The molecule has 3 amide bonds. The number of carboxylic acid groups (broad SMARTS) is 3. The predicted octanol–water partition coefficient (Wildman–Crippen LogP) is -4.11. The maximum absolute atomic E-state index is 11.6. The molecule has 0 aromatic heterocycles. The minimum absolute atomic E-state index is 0.533. The molecule has 13 nitrogen and oxygen atoms in total. The van der Waals surface area contributed by atoms with Crippen LogP contribution in [0.5, 0.6) is 0 Å². The number of amides is 3. The van der Waals surface area contributed by atoms with Crippen molar-refractivity contribution in [3.63, 3.8) is 0 Å². The molecule has 0 spiro atoms. The fourth-order valence-corrected chi connectivity index (χ4v) is 1.47. The van der Waals surface area contributed by atoms with Gasteiger partial charge in [-0.05, 0) is 0 Å². The Bertz CT molecular complexity index is 473. The summed E-state index contributed by atoms with van der Waals surface area (Å²) in [7, 11) is 0. The van der Waals surface area contributed by atoms with E-state index in [0.29, 0.717) is 0 Å². The third-order valence-corrected chi connectivity index (χ3v) is 2.41. The summed E-state index contributed by atoms with van der Waals surface area (Å²) >= 11 is 0. The summed E-state index contributed by atoms with van der Waals surface area (Å²) in [6.07, 6.45) is 0. The van der Waals surface area contributed by atoms with E-state index in [-0.39, 0.29) is 0 Å². The van der Waals surface area contributed by atoms with Crippen molar-refractivity contribution in [3.05, 3.63) is 0 Å². The minimum Gasteiger partial charge on any atom is -0.480 e. The van der Waals surface area contributed by atoms with E-state index in [1.807, 2.05) is 16.0 Å². The molecule has 25 heavy (non-hydrogen) atoms. The van der Waals surface area contributed by atoms with E-state index in [9.17, 15) is 28.8 Å². The summed E-state index contributed by atoms with van der Waals surface area (Å²) in [6, 6.07) is 0. The van der Waals surface area contributed by atoms with Crippen LogP contribution in [0.1, 0.15) is 0 Å². The van der Waals surface area contributed by atoms with Crippen LogP contribution in [0.25, 0.3) is 0 Å². The van der Waals surface area contributed by atoms with Gasteiger partial charge in [0.05, 0.1) is 19.6 Å². The number of hydrogen-bond acceptors (Lipinski definition) is 7. The van der Waals surface area contributed by atoms with Crippen LogP contribution in [-0.4, -0.2) is 95.1 Å². The molecule has 0 heterocycles. The first-order valence-corrected chi connectivity index (χ1v) is 6.78. The maximum Gasteiger partial charge on any atom is 0.322 e. The molecular weight excluding hydrogens is 344 g/mol. The van der Waals surface area contributed by atoms with E-state index in [2.05, 4.69) is 0 Å². The highest BCUT2D eigenvalue weighted by Crippen LogP contribution is 1.89. The lowest BCUT2D eigenvalue weighted by atomic mass is 10.4. The first-order chi connectivity index (χ1) is 11.6. The van der Waals surface area contributed by atoms with Crippen LogP contribution in [0.3, 0.4) is 0 Å². The highest BCUT2D eigenvalue weighted by Gasteiger charge is 2.18. The molecule has 0 unspecified atom stereocenters. The average molecular weight is 362 g/mol. The molecule has 0 bridgehead atoms. The van der Waals surface area contributed by atoms with E-state index < -0.39 is 74.9 Å². The number of aliphatic carboxylic acids is 3. The Hall–Kier alpha value is -3.22. The van der Waals surface area contributed by atoms with Crippen LogP contribution in [0, 0.1) is 0 Å². The lowest BCUT2D eigenvalue weighted by molar-refractivity contribution is -0.139. The van der Waals surface area contributed by atoms with Crippen LogP contribution in [0.4, 0.5) is 0 Å². The van der Waals surface area contributed by atoms with Crippen molar-refractivity contribution in [3.8, 4) is 0 Å². The van der Waals surface area contributed by atoms with Crippen LogP contribution < -0.4 is 16.0 Å². The van der Waals surface area contributed by atoms with Gasteiger partial charge in [0.25, 0.3) is 0 Å². The fraction of sp³-hybridized carbons (Fsp3) is 0.500. The Morgan fingerprint density at radius 3 is 1.00 bits per heavy atom. The molecule has 0 aromatic carbocycles. The number of rotatable bonds is 12. The van der Waals surface area contributed by atoms with Gasteiger partial charge >= 0.3 is 17.9 Å². The molecule has 0 aromatic rings. The van der Waals surface area contributed by atoms with E-state index in [0.717, 1.165) is 4.90 Å². The first kappa shape index (κ1) is 21.8. The van der Waals surface area contributed by atoms with Crippen LogP contribution in [-0.2, 0) is 28.8 Å².